The Balaban J connectivity index is 1.37. The van der Waals surface area contributed by atoms with Crippen LogP contribution in [0.3, 0.4) is 0 Å². The van der Waals surface area contributed by atoms with Gasteiger partial charge in [0.2, 0.25) is 17.5 Å². The molecule has 0 aromatic heterocycles. The molecule has 0 N–H and O–H groups in total. The molecular weight excluding hydrogens is 491 g/mol. The molecule has 0 saturated heterocycles. The molecule has 0 atom stereocenters. The maximum Gasteiger partial charge on any atom is 0.204 e. The first kappa shape index (κ1) is 26.8. The molecule has 1 fully saturated rings. The van der Waals surface area contributed by atoms with Gasteiger partial charge in [0.05, 0.1) is 19.8 Å². The van der Waals surface area contributed by atoms with Crippen LogP contribution >= 0.6 is 0 Å². The van der Waals surface area contributed by atoms with E-state index in [0.29, 0.717) is 18.4 Å². The Hall–Kier alpha value is -3.29. The number of hydrogen-bond donors (Lipinski definition) is 0. The van der Waals surface area contributed by atoms with Crippen molar-refractivity contribution in [2.24, 2.45) is 5.92 Å². The van der Waals surface area contributed by atoms with E-state index in [9.17, 15) is 17.6 Å². The van der Waals surface area contributed by atoms with E-state index in [1.807, 2.05) is 0 Å². The maximum atomic E-state index is 15.0. The van der Waals surface area contributed by atoms with Crippen LogP contribution in [-0.2, 0) is 0 Å². The zero-order valence-corrected chi connectivity index (χ0v) is 20.8. The van der Waals surface area contributed by atoms with Crippen molar-refractivity contribution in [3.63, 3.8) is 0 Å². The third-order valence-electron chi connectivity index (χ3n) is 6.73. The molecular formula is C29H29F5O3. The first-order chi connectivity index (χ1) is 17.8. The summed E-state index contributed by atoms with van der Waals surface area (Å²) in [5, 5.41) is 0. The third-order valence-corrected chi connectivity index (χ3v) is 6.73. The highest BCUT2D eigenvalue weighted by Crippen LogP contribution is 2.39. The smallest absolute Gasteiger partial charge is 0.204 e. The molecule has 198 valence electrons. The Kier molecular flexibility index (Phi) is 8.56. The van der Waals surface area contributed by atoms with E-state index in [4.69, 9.17) is 14.2 Å². The van der Waals surface area contributed by atoms with Crippen LogP contribution in [0.5, 0.6) is 17.2 Å². The summed E-state index contributed by atoms with van der Waals surface area (Å²) in [7, 11) is 0. The van der Waals surface area contributed by atoms with E-state index in [1.54, 1.807) is 26.0 Å². The fraction of sp³-hybridized carbons (Fsp3) is 0.379. The van der Waals surface area contributed by atoms with Crippen molar-refractivity contribution in [1.82, 2.24) is 0 Å². The summed E-state index contributed by atoms with van der Waals surface area (Å²) in [6, 6.07) is 9.85. The Labute approximate surface area is 213 Å². The zero-order chi connectivity index (χ0) is 26.5. The van der Waals surface area contributed by atoms with Gasteiger partial charge in [-0.05, 0) is 92.8 Å². The Bertz CT molecular complexity index is 1240. The Morgan fingerprint density at radius 2 is 1.19 bits per heavy atom. The van der Waals surface area contributed by atoms with E-state index in [0.717, 1.165) is 12.8 Å². The van der Waals surface area contributed by atoms with Gasteiger partial charge in [0, 0.05) is 5.56 Å². The van der Waals surface area contributed by atoms with Gasteiger partial charge in [-0.2, -0.15) is 13.2 Å². The van der Waals surface area contributed by atoms with Gasteiger partial charge < -0.3 is 14.2 Å². The van der Waals surface area contributed by atoms with Crippen LogP contribution in [0.15, 0.2) is 42.5 Å². The quantitative estimate of drug-likeness (QED) is 0.266. The first-order valence-electron chi connectivity index (χ1n) is 12.5. The van der Waals surface area contributed by atoms with Gasteiger partial charge in [-0.25, -0.2) is 8.78 Å². The average molecular weight is 521 g/mol. The number of halogens is 5. The summed E-state index contributed by atoms with van der Waals surface area (Å²) in [6.45, 7) is 4.00. The summed E-state index contributed by atoms with van der Waals surface area (Å²) in [6.07, 6.45) is 2.84. The molecule has 3 aromatic rings. The SMILES string of the molecule is CCOc1ccc(OCC2CCC(c3ccc(-c4ccc(OCC)c(F)c4F)cc3F)CC2)c(F)c1F. The topological polar surface area (TPSA) is 27.7 Å². The lowest BCUT2D eigenvalue weighted by Gasteiger charge is -2.29. The van der Waals surface area contributed by atoms with Crippen LogP contribution < -0.4 is 14.2 Å². The minimum atomic E-state index is -1.10. The first-order valence-corrected chi connectivity index (χ1v) is 12.5. The van der Waals surface area contributed by atoms with Crippen molar-refractivity contribution in [3.05, 3.63) is 77.1 Å². The summed E-state index contributed by atoms with van der Waals surface area (Å²) in [4.78, 5) is 0. The maximum absolute atomic E-state index is 15.0. The van der Waals surface area contributed by atoms with Gasteiger partial charge in [-0.15, -0.1) is 0 Å². The van der Waals surface area contributed by atoms with Gasteiger partial charge in [-0.3, -0.25) is 0 Å². The van der Waals surface area contributed by atoms with Crippen LogP contribution in [0, 0.1) is 35.0 Å². The van der Waals surface area contributed by atoms with Crippen LogP contribution in [0.4, 0.5) is 22.0 Å². The lowest BCUT2D eigenvalue weighted by Crippen LogP contribution is -2.20. The molecule has 0 radical (unpaired) electrons. The molecule has 3 nitrogen and oxygen atoms in total. The molecule has 1 aliphatic rings. The number of ether oxygens (including phenoxy) is 3. The van der Waals surface area contributed by atoms with Crippen LogP contribution in [0.1, 0.15) is 51.0 Å². The Morgan fingerprint density at radius 1 is 0.649 bits per heavy atom. The van der Waals surface area contributed by atoms with Gasteiger partial charge in [0.25, 0.3) is 0 Å². The highest BCUT2D eigenvalue weighted by atomic mass is 19.2. The van der Waals surface area contributed by atoms with Gasteiger partial charge >= 0.3 is 0 Å². The second kappa shape index (κ2) is 11.8. The minimum Gasteiger partial charge on any atom is -0.491 e. The fourth-order valence-electron chi connectivity index (χ4n) is 4.79. The van der Waals surface area contributed by atoms with Crippen LogP contribution in [-0.4, -0.2) is 19.8 Å². The normalized spacial score (nSPS) is 17.5. The van der Waals surface area contributed by atoms with Crippen molar-refractivity contribution in [2.75, 3.05) is 19.8 Å². The molecule has 0 amide bonds. The summed E-state index contributed by atoms with van der Waals surface area (Å²) >= 11 is 0. The van der Waals surface area contributed by atoms with E-state index in [1.165, 1.54) is 30.3 Å². The molecule has 8 heteroatoms. The zero-order valence-electron chi connectivity index (χ0n) is 20.8. The van der Waals surface area contributed by atoms with Gasteiger partial charge in [0.1, 0.15) is 5.82 Å². The molecule has 0 unspecified atom stereocenters. The van der Waals surface area contributed by atoms with Crippen LogP contribution in [0.2, 0.25) is 0 Å². The predicted octanol–water partition coefficient (Wildman–Crippen LogP) is 8.20. The molecule has 0 heterocycles. The molecule has 0 aliphatic heterocycles. The standard InChI is InChI=1S/C29H29F5O3/c1-3-35-23-12-11-21(26(31)27(23)32)19-9-10-20(22(30)15-19)18-7-5-17(6-8-18)16-37-25-14-13-24(36-4-2)28(33)29(25)34/h9-15,17-18H,3-8,16H2,1-2H3. The molecule has 1 saturated carbocycles. The molecule has 1 aliphatic carbocycles. The van der Waals surface area contributed by atoms with Crippen molar-refractivity contribution in [1.29, 1.82) is 0 Å². The molecule has 0 spiro atoms. The summed E-state index contributed by atoms with van der Waals surface area (Å²) < 4.78 is 87.8. The van der Waals surface area contributed by atoms with Gasteiger partial charge in [0.15, 0.2) is 23.1 Å². The fourth-order valence-corrected chi connectivity index (χ4v) is 4.79. The van der Waals surface area contributed by atoms with E-state index in [-0.39, 0.29) is 60.0 Å². The number of rotatable bonds is 9. The van der Waals surface area contributed by atoms with Gasteiger partial charge in [-0.1, -0.05) is 12.1 Å². The highest BCUT2D eigenvalue weighted by Gasteiger charge is 2.26. The van der Waals surface area contributed by atoms with Crippen molar-refractivity contribution < 1.29 is 36.2 Å². The molecule has 0 bridgehead atoms. The van der Waals surface area contributed by atoms with Crippen molar-refractivity contribution in [2.45, 2.75) is 45.4 Å². The molecule has 37 heavy (non-hydrogen) atoms. The van der Waals surface area contributed by atoms with Crippen molar-refractivity contribution in [3.8, 4) is 28.4 Å². The minimum absolute atomic E-state index is 0.0353. The Morgan fingerprint density at radius 3 is 1.76 bits per heavy atom. The monoisotopic (exact) mass is 520 g/mol. The lowest BCUT2D eigenvalue weighted by molar-refractivity contribution is 0.191. The molecule has 4 rings (SSSR count). The second-order valence-corrected chi connectivity index (χ2v) is 9.06. The second-order valence-electron chi connectivity index (χ2n) is 9.06. The molecule has 3 aromatic carbocycles. The third kappa shape index (κ3) is 5.84. The van der Waals surface area contributed by atoms with E-state index >= 15 is 4.39 Å². The lowest BCUT2D eigenvalue weighted by atomic mass is 9.78. The highest BCUT2D eigenvalue weighted by molar-refractivity contribution is 5.66. The average Bonchev–Trinajstić information content (AvgIpc) is 2.90. The number of hydrogen-bond acceptors (Lipinski definition) is 3. The summed E-state index contributed by atoms with van der Waals surface area (Å²) in [5.74, 6) is -5.23. The van der Waals surface area contributed by atoms with Crippen LogP contribution in [0.25, 0.3) is 11.1 Å². The largest absolute Gasteiger partial charge is 0.491 e. The van der Waals surface area contributed by atoms with E-state index < -0.39 is 29.1 Å². The summed E-state index contributed by atoms with van der Waals surface area (Å²) in [5.41, 5.74) is 0.729. The number of benzene rings is 3. The van der Waals surface area contributed by atoms with Crippen molar-refractivity contribution >= 4 is 0 Å². The van der Waals surface area contributed by atoms with E-state index in [2.05, 4.69) is 0 Å². The predicted molar refractivity (Wildman–Crippen MR) is 131 cm³/mol.